The average molecular weight is 321 g/mol. The number of hydrogen-bond acceptors (Lipinski definition) is 4. The predicted octanol–water partition coefficient (Wildman–Crippen LogP) is 4.68. The summed E-state index contributed by atoms with van der Waals surface area (Å²) < 4.78 is 1.06. The fourth-order valence-corrected chi connectivity index (χ4v) is 3.66. The van der Waals surface area contributed by atoms with Gasteiger partial charge in [-0.3, -0.25) is 9.88 Å². The molecule has 0 radical (unpaired) electrons. The number of hydrogen-bond donors (Lipinski definition) is 0. The fourth-order valence-electron chi connectivity index (χ4n) is 2.60. The summed E-state index contributed by atoms with van der Waals surface area (Å²) in [6.45, 7) is 7.52. The Bertz CT molecular complexity index is 839. The highest BCUT2D eigenvalue weighted by Gasteiger charge is 2.07. The molecule has 0 unspecified atom stereocenters. The Morgan fingerprint density at radius 3 is 2.52 bits per heavy atom. The monoisotopic (exact) mass is 321 g/mol. The Morgan fingerprint density at radius 1 is 1.13 bits per heavy atom. The lowest BCUT2D eigenvalue weighted by molar-refractivity contribution is 0.296. The third-order valence-electron chi connectivity index (χ3n) is 4.04. The standard InChI is InChI=1S/C19H19N3S/c1-3-22(4-2)13-14-5-7-16(8-6-14)18-10-17-19(23-18)9-15(11-20)12-21-17/h5-10,12H,3-4,13H2,1-2H3. The highest BCUT2D eigenvalue weighted by molar-refractivity contribution is 7.22. The Hall–Kier alpha value is -2.22. The van der Waals surface area contributed by atoms with Crippen LogP contribution in [0.2, 0.25) is 0 Å². The molecule has 3 aromatic rings. The summed E-state index contributed by atoms with van der Waals surface area (Å²) in [7, 11) is 0. The van der Waals surface area contributed by atoms with Gasteiger partial charge in [0.15, 0.2) is 0 Å². The number of aromatic nitrogens is 1. The first kappa shape index (κ1) is 15.7. The molecule has 0 aliphatic carbocycles. The maximum atomic E-state index is 8.97. The smallest absolute Gasteiger partial charge is 0.101 e. The molecule has 2 aromatic heterocycles. The number of nitrogens with zero attached hydrogens (tertiary/aromatic N) is 3. The van der Waals surface area contributed by atoms with Crippen LogP contribution in [-0.4, -0.2) is 23.0 Å². The number of thiophene rings is 1. The Labute approximate surface area is 140 Å². The zero-order chi connectivity index (χ0) is 16.2. The largest absolute Gasteiger partial charge is 0.300 e. The molecule has 0 amide bonds. The molecule has 0 bridgehead atoms. The van der Waals surface area contributed by atoms with E-state index < -0.39 is 0 Å². The van der Waals surface area contributed by atoms with Crippen molar-refractivity contribution in [1.82, 2.24) is 9.88 Å². The van der Waals surface area contributed by atoms with Crippen molar-refractivity contribution in [3.63, 3.8) is 0 Å². The summed E-state index contributed by atoms with van der Waals surface area (Å²) in [6, 6.07) is 14.9. The molecule has 3 nitrogen and oxygen atoms in total. The number of nitriles is 1. The van der Waals surface area contributed by atoms with Crippen LogP contribution in [0.15, 0.2) is 42.6 Å². The van der Waals surface area contributed by atoms with Crippen LogP contribution in [0.3, 0.4) is 0 Å². The van der Waals surface area contributed by atoms with Gasteiger partial charge >= 0.3 is 0 Å². The Balaban J connectivity index is 1.86. The highest BCUT2D eigenvalue weighted by Crippen LogP contribution is 2.33. The molecule has 0 saturated heterocycles. The van der Waals surface area contributed by atoms with E-state index >= 15 is 0 Å². The van der Waals surface area contributed by atoms with Crippen LogP contribution in [0.25, 0.3) is 20.7 Å². The van der Waals surface area contributed by atoms with Crippen LogP contribution in [-0.2, 0) is 6.54 Å². The summed E-state index contributed by atoms with van der Waals surface area (Å²) in [5, 5.41) is 8.97. The van der Waals surface area contributed by atoms with Crippen molar-refractivity contribution in [3.8, 4) is 16.5 Å². The van der Waals surface area contributed by atoms with E-state index in [4.69, 9.17) is 5.26 Å². The minimum atomic E-state index is 0.612. The molecule has 0 fully saturated rings. The lowest BCUT2D eigenvalue weighted by Gasteiger charge is -2.17. The highest BCUT2D eigenvalue weighted by atomic mass is 32.1. The Kier molecular flexibility index (Phi) is 4.71. The van der Waals surface area contributed by atoms with Crippen molar-refractivity contribution in [2.75, 3.05) is 13.1 Å². The van der Waals surface area contributed by atoms with Gasteiger partial charge in [-0.1, -0.05) is 38.1 Å². The van der Waals surface area contributed by atoms with Crippen LogP contribution >= 0.6 is 11.3 Å². The summed E-state index contributed by atoms with van der Waals surface area (Å²) in [5.74, 6) is 0. The maximum absolute atomic E-state index is 8.97. The minimum Gasteiger partial charge on any atom is -0.300 e. The van der Waals surface area contributed by atoms with Crippen LogP contribution < -0.4 is 0 Å². The van der Waals surface area contributed by atoms with E-state index in [1.807, 2.05) is 6.07 Å². The van der Waals surface area contributed by atoms with E-state index in [9.17, 15) is 0 Å². The number of rotatable bonds is 5. The van der Waals surface area contributed by atoms with Crippen molar-refractivity contribution in [2.45, 2.75) is 20.4 Å². The molecule has 3 rings (SSSR count). The number of pyridine rings is 1. The van der Waals surface area contributed by atoms with Gasteiger partial charge in [0.25, 0.3) is 0 Å². The van der Waals surface area contributed by atoms with Gasteiger partial charge in [0.2, 0.25) is 0 Å². The first-order chi connectivity index (χ1) is 11.2. The van der Waals surface area contributed by atoms with Crippen LogP contribution in [0.1, 0.15) is 25.0 Å². The summed E-state index contributed by atoms with van der Waals surface area (Å²) in [4.78, 5) is 7.95. The summed E-state index contributed by atoms with van der Waals surface area (Å²) in [6.07, 6.45) is 1.63. The molecular weight excluding hydrogens is 302 g/mol. The molecule has 0 aliphatic rings. The predicted molar refractivity (Wildman–Crippen MR) is 96.4 cm³/mol. The van der Waals surface area contributed by atoms with Crippen molar-refractivity contribution >= 4 is 21.6 Å². The number of benzene rings is 1. The first-order valence-corrected chi connectivity index (χ1v) is 8.66. The molecule has 0 aliphatic heterocycles. The normalized spacial score (nSPS) is 11.0. The molecule has 116 valence electrons. The lowest BCUT2D eigenvalue weighted by atomic mass is 10.1. The Morgan fingerprint density at radius 2 is 1.87 bits per heavy atom. The average Bonchev–Trinajstić information content (AvgIpc) is 3.03. The third-order valence-corrected chi connectivity index (χ3v) is 5.16. The van der Waals surface area contributed by atoms with Gasteiger partial charge in [-0.05, 0) is 36.3 Å². The van der Waals surface area contributed by atoms with Crippen molar-refractivity contribution < 1.29 is 0 Å². The summed E-state index contributed by atoms with van der Waals surface area (Å²) >= 11 is 1.68. The minimum absolute atomic E-state index is 0.612. The van der Waals surface area contributed by atoms with E-state index in [-0.39, 0.29) is 0 Å². The number of fused-ring (bicyclic) bond motifs is 1. The van der Waals surface area contributed by atoms with E-state index in [0.29, 0.717) is 5.56 Å². The molecule has 0 atom stereocenters. The lowest BCUT2D eigenvalue weighted by Crippen LogP contribution is -2.21. The molecule has 0 saturated carbocycles. The molecular formula is C19H19N3S. The molecule has 2 heterocycles. The van der Waals surface area contributed by atoms with Gasteiger partial charge in [0.05, 0.1) is 15.8 Å². The van der Waals surface area contributed by atoms with Gasteiger partial charge < -0.3 is 0 Å². The molecule has 0 spiro atoms. The zero-order valence-corrected chi connectivity index (χ0v) is 14.2. The second-order valence-corrected chi connectivity index (χ2v) is 6.57. The van der Waals surface area contributed by atoms with Crippen LogP contribution in [0.5, 0.6) is 0 Å². The van der Waals surface area contributed by atoms with Gasteiger partial charge in [-0.2, -0.15) is 5.26 Å². The van der Waals surface area contributed by atoms with E-state index in [1.165, 1.54) is 16.0 Å². The SMILES string of the molecule is CCN(CC)Cc1ccc(-c2cc3ncc(C#N)cc3s2)cc1. The molecule has 0 N–H and O–H groups in total. The molecule has 1 aromatic carbocycles. The zero-order valence-electron chi connectivity index (χ0n) is 13.4. The second-order valence-electron chi connectivity index (χ2n) is 5.49. The van der Waals surface area contributed by atoms with Crippen molar-refractivity contribution in [1.29, 1.82) is 5.26 Å². The quantitative estimate of drug-likeness (QED) is 0.685. The van der Waals surface area contributed by atoms with E-state index in [1.54, 1.807) is 17.5 Å². The topological polar surface area (TPSA) is 39.9 Å². The van der Waals surface area contributed by atoms with Gasteiger partial charge in [-0.25, -0.2) is 0 Å². The van der Waals surface area contributed by atoms with Gasteiger partial charge in [0, 0.05) is 17.6 Å². The van der Waals surface area contributed by atoms with Gasteiger partial charge in [-0.15, -0.1) is 11.3 Å². The van der Waals surface area contributed by atoms with Gasteiger partial charge in [0.1, 0.15) is 6.07 Å². The van der Waals surface area contributed by atoms with E-state index in [2.05, 4.69) is 60.1 Å². The molecule has 4 heteroatoms. The third kappa shape index (κ3) is 3.42. The second kappa shape index (κ2) is 6.91. The first-order valence-electron chi connectivity index (χ1n) is 7.84. The van der Waals surface area contributed by atoms with E-state index in [0.717, 1.165) is 29.9 Å². The summed E-state index contributed by atoms with van der Waals surface area (Å²) in [5.41, 5.74) is 4.11. The van der Waals surface area contributed by atoms with Crippen LogP contribution in [0.4, 0.5) is 0 Å². The van der Waals surface area contributed by atoms with Crippen molar-refractivity contribution in [3.05, 3.63) is 53.7 Å². The van der Waals surface area contributed by atoms with Crippen molar-refractivity contribution in [2.24, 2.45) is 0 Å². The molecule has 23 heavy (non-hydrogen) atoms. The maximum Gasteiger partial charge on any atom is 0.101 e. The fraction of sp³-hybridized carbons (Fsp3) is 0.263. The van der Waals surface area contributed by atoms with Crippen LogP contribution in [0, 0.1) is 11.3 Å².